The smallest absolute Gasteiger partial charge is 0.254 e. The second-order valence-corrected chi connectivity index (χ2v) is 4.73. The molecular formula is C14H21NO3. The number of nitrogens with zero attached hydrogens (tertiary/aromatic N) is 1. The van der Waals surface area contributed by atoms with E-state index in [9.17, 15) is 15.0 Å². The lowest BCUT2D eigenvalue weighted by atomic mass is 10.0. The van der Waals surface area contributed by atoms with Gasteiger partial charge in [-0.3, -0.25) is 4.79 Å². The molecule has 0 aliphatic carbocycles. The van der Waals surface area contributed by atoms with Crippen molar-refractivity contribution >= 4 is 5.91 Å². The first kappa shape index (κ1) is 14.7. The van der Waals surface area contributed by atoms with Gasteiger partial charge in [0, 0.05) is 12.6 Å². The summed E-state index contributed by atoms with van der Waals surface area (Å²) in [6, 6.07) is 6.76. The van der Waals surface area contributed by atoms with Gasteiger partial charge in [-0.2, -0.15) is 0 Å². The van der Waals surface area contributed by atoms with Crippen LogP contribution in [-0.4, -0.2) is 40.7 Å². The monoisotopic (exact) mass is 251 g/mol. The number of hydrogen-bond acceptors (Lipinski definition) is 3. The van der Waals surface area contributed by atoms with E-state index in [4.69, 9.17) is 0 Å². The number of aliphatic hydroxyl groups is 2. The van der Waals surface area contributed by atoms with Crippen LogP contribution < -0.4 is 0 Å². The van der Waals surface area contributed by atoms with Gasteiger partial charge < -0.3 is 15.1 Å². The SMILES string of the molecule is CC(C)C(CO)N(C)C(=O)c1ccccc1CO. The molecule has 4 heteroatoms. The van der Waals surface area contributed by atoms with Gasteiger partial charge in [-0.1, -0.05) is 32.0 Å². The van der Waals surface area contributed by atoms with Gasteiger partial charge in [0.05, 0.1) is 19.3 Å². The van der Waals surface area contributed by atoms with Gasteiger partial charge >= 0.3 is 0 Å². The van der Waals surface area contributed by atoms with Crippen molar-refractivity contribution in [1.82, 2.24) is 4.90 Å². The molecule has 0 spiro atoms. The zero-order valence-corrected chi connectivity index (χ0v) is 11.1. The van der Waals surface area contributed by atoms with Gasteiger partial charge in [0.1, 0.15) is 0 Å². The zero-order chi connectivity index (χ0) is 13.7. The van der Waals surface area contributed by atoms with Gasteiger partial charge in [-0.15, -0.1) is 0 Å². The van der Waals surface area contributed by atoms with Crippen LogP contribution in [0.15, 0.2) is 24.3 Å². The Morgan fingerprint density at radius 3 is 2.39 bits per heavy atom. The lowest BCUT2D eigenvalue weighted by Gasteiger charge is -2.30. The average molecular weight is 251 g/mol. The summed E-state index contributed by atoms with van der Waals surface area (Å²) < 4.78 is 0. The fourth-order valence-electron chi connectivity index (χ4n) is 1.99. The number of hydrogen-bond donors (Lipinski definition) is 2. The number of aliphatic hydroxyl groups excluding tert-OH is 2. The molecule has 1 amide bonds. The number of carbonyl (C=O) groups is 1. The fraction of sp³-hybridized carbons (Fsp3) is 0.500. The Labute approximate surface area is 108 Å². The predicted octanol–water partition coefficient (Wildman–Crippen LogP) is 1.27. The van der Waals surface area contributed by atoms with Gasteiger partial charge in [-0.25, -0.2) is 0 Å². The highest BCUT2D eigenvalue weighted by Crippen LogP contribution is 2.16. The zero-order valence-electron chi connectivity index (χ0n) is 11.1. The molecule has 0 fully saturated rings. The highest BCUT2D eigenvalue weighted by Gasteiger charge is 2.24. The Hall–Kier alpha value is -1.39. The van der Waals surface area contributed by atoms with Crippen LogP contribution in [0.1, 0.15) is 29.8 Å². The molecule has 1 atom stereocenters. The Bertz CT molecular complexity index is 404. The van der Waals surface area contributed by atoms with Gasteiger partial charge in [0.2, 0.25) is 0 Å². The molecule has 0 bridgehead atoms. The summed E-state index contributed by atoms with van der Waals surface area (Å²) in [5.74, 6) is -0.00219. The number of carbonyl (C=O) groups excluding carboxylic acids is 1. The first-order chi connectivity index (χ1) is 8.52. The highest BCUT2D eigenvalue weighted by atomic mass is 16.3. The van der Waals surface area contributed by atoms with E-state index in [1.165, 1.54) is 0 Å². The molecule has 18 heavy (non-hydrogen) atoms. The lowest BCUT2D eigenvalue weighted by molar-refractivity contribution is 0.0585. The summed E-state index contributed by atoms with van der Waals surface area (Å²) in [7, 11) is 1.68. The molecule has 100 valence electrons. The normalized spacial score (nSPS) is 12.6. The third-order valence-corrected chi connectivity index (χ3v) is 3.19. The van der Waals surface area contributed by atoms with Crippen LogP contribution in [0.4, 0.5) is 0 Å². The van der Waals surface area contributed by atoms with Gasteiger partial charge in [0.25, 0.3) is 5.91 Å². The molecule has 1 aromatic carbocycles. The summed E-state index contributed by atoms with van der Waals surface area (Å²) in [6.45, 7) is 3.69. The van der Waals surface area contributed by atoms with E-state index in [2.05, 4.69) is 0 Å². The molecule has 0 radical (unpaired) electrons. The van der Waals surface area contributed by atoms with E-state index in [-0.39, 0.29) is 31.1 Å². The van der Waals surface area contributed by atoms with Crippen molar-refractivity contribution in [2.24, 2.45) is 5.92 Å². The van der Waals surface area contributed by atoms with Crippen LogP contribution in [0.5, 0.6) is 0 Å². The molecule has 1 aromatic rings. The van der Waals surface area contributed by atoms with Crippen LogP contribution in [-0.2, 0) is 6.61 Å². The van der Waals surface area contributed by atoms with Crippen LogP contribution in [0.3, 0.4) is 0 Å². The van der Waals surface area contributed by atoms with Gasteiger partial charge in [0.15, 0.2) is 0 Å². The Morgan fingerprint density at radius 2 is 1.89 bits per heavy atom. The number of amides is 1. The molecular weight excluding hydrogens is 230 g/mol. The number of likely N-dealkylation sites (N-methyl/N-ethyl adjacent to an activating group) is 1. The fourth-order valence-corrected chi connectivity index (χ4v) is 1.99. The molecule has 0 aromatic heterocycles. The van der Waals surface area contributed by atoms with Crippen molar-refractivity contribution in [1.29, 1.82) is 0 Å². The van der Waals surface area contributed by atoms with E-state index < -0.39 is 0 Å². The second kappa shape index (κ2) is 6.52. The van der Waals surface area contributed by atoms with Crippen molar-refractivity contribution in [3.05, 3.63) is 35.4 Å². The van der Waals surface area contributed by atoms with Crippen LogP contribution >= 0.6 is 0 Å². The number of rotatable bonds is 5. The minimum Gasteiger partial charge on any atom is -0.394 e. The Morgan fingerprint density at radius 1 is 1.28 bits per heavy atom. The molecule has 0 heterocycles. The van der Waals surface area contributed by atoms with Crippen LogP contribution in [0.25, 0.3) is 0 Å². The Kier molecular flexibility index (Phi) is 5.31. The lowest BCUT2D eigenvalue weighted by Crippen LogP contribution is -2.43. The Balaban J connectivity index is 2.99. The van der Waals surface area contributed by atoms with E-state index in [1.54, 1.807) is 36.2 Å². The summed E-state index contributed by atoms with van der Waals surface area (Å²) in [5.41, 5.74) is 1.09. The first-order valence-electron chi connectivity index (χ1n) is 6.09. The van der Waals surface area contributed by atoms with Crippen molar-refractivity contribution < 1.29 is 15.0 Å². The van der Waals surface area contributed by atoms with E-state index >= 15 is 0 Å². The van der Waals surface area contributed by atoms with Crippen molar-refractivity contribution in [2.45, 2.75) is 26.5 Å². The maximum atomic E-state index is 12.3. The topological polar surface area (TPSA) is 60.8 Å². The predicted molar refractivity (Wildman–Crippen MR) is 70.2 cm³/mol. The van der Waals surface area contributed by atoms with Crippen LogP contribution in [0.2, 0.25) is 0 Å². The minimum absolute atomic E-state index is 0.0683. The molecule has 1 rings (SSSR count). The second-order valence-electron chi connectivity index (χ2n) is 4.73. The quantitative estimate of drug-likeness (QED) is 0.828. The van der Waals surface area contributed by atoms with Crippen molar-refractivity contribution in [3.63, 3.8) is 0 Å². The molecule has 1 unspecified atom stereocenters. The minimum atomic E-state index is -0.218. The molecule has 0 aliphatic heterocycles. The number of benzene rings is 1. The van der Waals surface area contributed by atoms with Gasteiger partial charge in [-0.05, 0) is 17.5 Å². The average Bonchev–Trinajstić information content (AvgIpc) is 2.38. The largest absolute Gasteiger partial charge is 0.394 e. The summed E-state index contributed by atoms with van der Waals surface area (Å²) in [6.07, 6.45) is 0. The van der Waals surface area contributed by atoms with E-state index in [0.717, 1.165) is 0 Å². The molecule has 0 aliphatic rings. The third kappa shape index (κ3) is 3.09. The maximum Gasteiger partial charge on any atom is 0.254 e. The van der Waals surface area contributed by atoms with Crippen molar-refractivity contribution in [2.75, 3.05) is 13.7 Å². The summed E-state index contributed by atoms with van der Waals surface area (Å²) in [5, 5.41) is 18.6. The standard InChI is InChI=1S/C14H21NO3/c1-10(2)13(9-17)15(3)14(18)12-7-5-4-6-11(12)8-16/h4-7,10,13,16-17H,8-9H2,1-3H3. The molecule has 0 saturated heterocycles. The van der Waals surface area contributed by atoms with Crippen LogP contribution in [0, 0.1) is 5.92 Å². The third-order valence-electron chi connectivity index (χ3n) is 3.19. The maximum absolute atomic E-state index is 12.3. The molecule has 0 saturated carbocycles. The summed E-state index contributed by atoms with van der Waals surface area (Å²) >= 11 is 0. The first-order valence-corrected chi connectivity index (χ1v) is 6.09. The van der Waals surface area contributed by atoms with Crippen molar-refractivity contribution in [3.8, 4) is 0 Å². The highest BCUT2D eigenvalue weighted by molar-refractivity contribution is 5.95. The van der Waals surface area contributed by atoms with E-state index in [0.29, 0.717) is 11.1 Å². The summed E-state index contributed by atoms with van der Waals surface area (Å²) in [4.78, 5) is 13.9. The van der Waals surface area contributed by atoms with E-state index in [1.807, 2.05) is 13.8 Å². The molecule has 4 nitrogen and oxygen atoms in total. The molecule has 2 N–H and O–H groups in total.